The summed E-state index contributed by atoms with van der Waals surface area (Å²) in [5, 5.41) is 9.68. The number of carbonyl (C=O) groups is 1. The van der Waals surface area contributed by atoms with E-state index in [4.69, 9.17) is 4.42 Å². The van der Waals surface area contributed by atoms with E-state index in [0.29, 0.717) is 5.56 Å². The zero-order valence-electron chi connectivity index (χ0n) is 10.1. The van der Waals surface area contributed by atoms with Crippen LogP contribution in [-0.4, -0.2) is 10.9 Å². The summed E-state index contributed by atoms with van der Waals surface area (Å²) < 4.78 is 4.82. The van der Waals surface area contributed by atoms with E-state index in [0.717, 1.165) is 11.6 Å². The molecule has 0 fully saturated rings. The van der Waals surface area contributed by atoms with Gasteiger partial charge in [0.15, 0.2) is 5.78 Å². The highest BCUT2D eigenvalue weighted by atomic mass is 16.4. The molecule has 18 heavy (non-hydrogen) atoms. The molecule has 2 aromatic rings. The maximum Gasteiger partial charge on any atom is 0.339 e. The topological polar surface area (TPSA) is 67.5 Å². The van der Waals surface area contributed by atoms with Gasteiger partial charge in [-0.05, 0) is 13.8 Å². The molecule has 1 aromatic carbocycles. The fourth-order valence-electron chi connectivity index (χ4n) is 1.72. The Morgan fingerprint density at radius 1 is 1.17 bits per heavy atom. The lowest BCUT2D eigenvalue weighted by Gasteiger charge is -2.06. The van der Waals surface area contributed by atoms with Crippen LogP contribution in [0.1, 0.15) is 27.2 Å². The molecule has 0 atom stereocenters. The minimum atomic E-state index is -0.676. The molecule has 0 radical (unpaired) electrons. The number of aryl methyl sites for hydroxylation is 2. The van der Waals surface area contributed by atoms with Gasteiger partial charge in [-0.1, -0.05) is 29.8 Å². The van der Waals surface area contributed by atoms with Crippen molar-refractivity contribution in [2.45, 2.75) is 13.8 Å². The highest BCUT2D eigenvalue weighted by Crippen LogP contribution is 2.22. The van der Waals surface area contributed by atoms with E-state index < -0.39 is 5.63 Å². The molecule has 0 bridgehead atoms. The Balaban J connectivity index is 2.53. The quantitative estimate of drug-likeness (QED) is 0.822. The summed E-state index contributed by atoms with van der Waals surface area (Å²) in [6.07, 6.45) is 0. The molecule has 0 amide bonds. The van der Waals surface area contributed by atoms with E-state index in [1.165, 1.54) is 6.92 Å². The first-order chi connectivity index (χ1) is 8.49. The Morgan fingerprint density at radius 2 is 1.78 bits per heavy atom. The van der Waals surface area contributed by atoms with Crippen molar-refractivity contribution < 1.29 is 14.3 Å². The maximum atomic E-state index is 12.2. The van der Waals surface area contributed by atoms with Gasteiger partial charge in [0, 0.05) is 5.56 Å². The van der Waals surface area contributed by atoms with Crippen LogP contribution in [0.2, 0.25) is 0 Å². The van der Waals surface area contributed by atoms with Crippen molar-refractivity contribution in [1.82, 2.24) is 0 Å². The summed E-state index contributed by atoms with van der Waals surface area (Å²) in [6.45, 7) is 3.39. The number of aromatic hydroxyl groups is 1. The fourth-order valence-corrected chi connectivity index (χ4v) is 1.72. The van der Waals surface area contributed by atoms with E-state index >= 15 is 0 Å². The van der Waals surface area contributed by atoms with Crippen molar-refractivity contribution in [1.29, 1.82) is 0 Å². The first-order valence-electron chi connectivity index (χ1n) is 5.44. The van der Waals surface area contributed by atoms with Gasteiger partial charge in [-0.15, -0.1) is 0 Å². The van der Waals surface area contributed by atoms with Gasteiger partial charge in [0.1, 0.15) is 17.1 Å². The predicted molar refractivity (Wildman–Crippen MR) is 66.0 cm³/mol. The van der Waals surface area contributed by atoms with Gasteiger partial charge in [-0.2, -0.15) is 0 Å². The molecule has 1 heterocycles. The van der Waals surface area contributed by atoms with Crippen LogP contribution in [0.25, 0.3) is 0 Å². The Bertz CT molecular complexity index is 624. The monoisotopic (exact) mass is 244 g/mol. The van der Waals surface area contributed by atoms with E-state index in [1.807, 2.05) is 6.92 Å². The molecule has 1 N–H and O–H groups in total. The van der Waals surface area contributed by atoms with Crippen molar-refractivity contribution in [3.05, 3.63) is 63.2 Å². The SMILES string of the molecule is Cc1ccc(C(=O)c2c(O)cc(=O)oc2C)cc1. The minimum absolute atomic E-state index is 0.0263. The first kappa shape index (κ1) is 12.1. The molecule has 0 spiro atoms. The van der Waals surface area contributed by atoms with Crippen LogP contribution < -0.4 is 5.63 Å². The largest absolute Gasteiger partial charge is 0.507 e. The standard InChI is InChI=1S/C14H12O4/c1-8-3-5-10(6-4-8)14(17)13-9(2)18-12(16)7-11(13)15/h3-7,15H,1-2H3. The van der Waals surface area contributed by atoms with Crippen molar-refractivity contribution in [3.63, 3.8) is 0 Å². The van der Waals surface area contributed by atoms with Crippen molar-refractivity contribution in [2.75, 3.05) is 0 Å². The van der Waals surface area contributed by atoms with Crippen LogP contribution in [0.4, 0.5) is 0 Å². The lowest BCUT2D eigenvalue weighted by Crippen LogP contribution is -2.08. The molecular formula is C14H12O4. The zero-order valence-corrected chi connectivity index (χ0v) is 10.1. The summed E-state index contributed by atoms with van der Waals surface area (Å²) in [5.41, 5.74) is 0.823. The van der Waals surface area contributed by atoms with Crippen molar-refractivity contribution >= 4 is 5.78 Å². The van der Waals surface area contributed by atoms with Gasteiger partial charge in [0.05, 0.1) is 6.07 Å². The highest BCUT2D eigenvalue weighted by Gasteiger charge is 2.18. The average molecular weight is 244 g/mol. The van der Waals surface area contributed by atoms with Crippen LogP contribution in [0, 0.1) is 13.8 Å². The lowest BCUT2D eigenvalue weighted by atomic mass is 10.0. The molecule has 92 valence electrons. The second kappa shape index (κ2) is 4.49. The number of carbonyl (C=O) groups excluding carboxylic acids is 1. The van der Waals surface area contributed by atoms with Crippen molar-refractivity contribution in [2.24, 2.45) is 0 Å². The molecule has 0 aliphatic heterocycles. The lowest BCUT2D eigenvalue weighted by molar-refractivity contribution is 0.103. The minimum Gasteiger partial charge on any atom is -0.507 e. The second-order valence-electron chi connectivity index (χ2n) is 4.08. The molecule has 0 saturated carbocycles. The van der Waals surface area contributed by atoms with Crippen LogP contribution >= 0.6 is 0 Å². The number of ketones is 1. The molecule has 0 saturated heterocycles. The normalized spacial score (nSPS) is 10.3. The van der Waals surface area contributed by atoms with Crippen molar-refractivity contribution in [3.8, 4) is 5.75 Å². The van der Waals surface area contributed by atoms with Crippen LogP contribution in [0.5, 0.6) is 5.75 Å². The average Bonchev–Trinajstić information content (AvgIpc) is 2.28. The highest BCUT2D eigenvalue weighted by molar-refractivity contribution is 6.11. The number of benzene rings is 1. The smallest absolute Gasteiger partial charge is 0.339 e. The molecular weight excluding hydrogens is 232 g/mol. The third-order valence-corrected chi connectivity index (χ3v) is 2.66. The molecule has 0 aliphatic rings. The predicted octanol–water partition coefficient (Wildman–Crippen LogP) is 2.19. The van der Waals surface area contributed by atoms with Gasteiger partial charge in [0.25, 0.3) is 0 Å². The number of hydrogen-bond acceptors (Lipinski definition) is 4. The summed E-state index contributed by atoms with van der Waals surface area (Å²) >= 11 is 0. The molecule has 0 unspecified atom stereocenters. The Labute approximate surface area is 104 Å². The molecule has 0 aliphatic carbocycles. The van der Waals surface area contributed by atoms with Crippen LogP contribution in [0.3, 0.4) is 0 Å². The summed E-state index contributed by atoms with van der Waals surface area (Å²) in [7, 11) is 0. The Hall–Kier alpha value is -2.36. The zero-order chi connectivity index (χ0) is 13.3. The van der Waals surface area contributed by atoms with E-state index in [9.17, 15) is 14.7 Å². The van der Waals surface area contributed by atoms with E-state index in [-0.39, 0.29) is 22.9 Å². The number of hydrogen-bond donors (Lipinski definition) is 1. The summed E-state index contributed by atoms with van der Waals surface area (Å²) in [4.78, 5) is 23.2. The fraction of sp³-hybridized carbons (Fsp3) is 0.143. The summed E-state index contributed by atoms with van der Waals surface area (Å²) in [6, 6.07) is 7.84. The van der Waals surface area contributed by atoms with Gasteiger partial charge in [0.2, 0.25) is 0 Å². The third-order valence-electron chi connectivity index (χ3n) is 2.66. The summed E-state index contributed by atoms with van der Waals surface area (Å²) in [5.74, 6) is -0.603. The third kappa shape index (κ3) is 2.18. The number of rotatable bonds is 2. The molecule has 2 rings (SSSR count). The van der Waals surface area contributed by atoms with Gasteiger partial charge in [-0.3, -0.25) is 4.79 Å². The molecule has 1 aromatic heterocycles. The van der Waals surface area contributed by atoms with Gasteiger partial charge >= 0.3 is 5.63 Å². The van der Waals surface area contributed by atoms with Gasteiger partial charge < -0.3 is 9.52 Å². The van der Waals surface area contributed by atoms with Gasteiger partial charge in [-0.25, -0.2) is 4.79 Å². The van der Waals surface area contributed by atoms with Crippen LogP contribution in [-0.2, 0) is 0 Å². The van der Waals surface area contributed by atoms with E-state index in [2.05, 4.69) is 0 Å². The van der Waals surface area contributed by atoms with Crippen LogP contribution in [0.15, 0.2) is 39.5 Å². The Kier molecular flexibility index (Phi) is 3.02. The Morgan fingerprint density at radius 3 is 2.33 bits per heavy atom. The maximum absolute atomic E-state index is 12.2. The first-order valence-corrected chi connectivity index (χ1v) is 5.44. The molecule has 4 nitrogen and oxygen atoms in total. The molecule has 4 heteroatoms. The van der Waals surface area contributed by atoms with E-state index in [1.54, 1.807) is 24.3 Å². The second-order valence-corrected chi connectivity index (χ2v) is 4.08.